The average Bonchev–Trinajstić information content (AvgIpc) is 2.93. The first kappa shape index (κ1) is 17.6. The third-order valence-corrected chi connectivity index (χ3v) is 5.71. The van der Waals surface area contributed by atoms with E-state index in [0.29, 0.717) is 18.6 Å². The number of methoxy groups -OCH3 is 1. The molecule has 3 rings (SSSR count). The van der Waals surface area contributed by atoms with Gasteiger partial charge >= 0.3 is 6.09 Å². The number of fused-ring (bicyclic) bond motifs is 1. The van der Waals surface area contributed by atoms with E-state index in [9.17, 15) is 19.3 Å². The quantitative estimate of drug-likeness (QED) is 0.625. The van der Waals surface area contributed by atoms with Crippen LogP contribution < -0.4 is 5.32 Å². The molecule has 134 valence electrons. The predicted octanol–water partition coefficient (Wildman–Crippen LogP) is 2.72. The summed E-state index contributed by atoms with van der Waals surface area (Å²) < 4.78 is 20.1. The summed E-state index contributed by atoms with van der Waals surface area (Å²) >= 11 is 1.22. The highest BCUT2D eigenvalue weighted by molar-refractivity contribution is 8.13. The molecule has 25 heavy (non-hydrogen) atoms. The number of thioether (sulfide) groups is 1. The van der Waals surface area contributed by atoms with Gasteiger partial charge in [0.15, 0.2) is 5.17 Å². The molecular formula is C15H16FN3O5S. The maximum atomic E-state index is 14.6. The van der Waals surface area contributed by atoms with Crippen molar-refractivity contribution in [2.45, 2.75) is 24.5 Å². The van der Waals surface area contributed by atoms with E-state index in [2.05, 4.69) is 10.3 Å². The molecule has 3 atom stereocenters. The zero-order valence-electron chi connectivity index (χ0n) is 13.3. The number of aliphatic imine (C=N–C) groups is 1. The van der Waals surface area contributed by atoms with Crippen molar-refractivity contribution < 1.29 is 24.0 Å². The summed E-state index contributed by atoms with van der Waals surface area (Å²) in [4.78, 5) is 25.9. The van der Waals surface area contributed by atoms with Crippen LogP contribution >= 0.6 is 11.8 Å². The lowest BCUT2D eigenvalue weighted by Gasteiger charge is -2.37. The van der Waals surface area contributed by atoms with Crippen LogP contribution in [-0.4, -0.2) is 40.3 Å². The Labute approximate surface area is 146 Å². The van der Waals surface area contributed by atoms with Crippen LogP contribution in [0.5, 0.6) is 0 Å². The Kier molecular flexibility index (Phi) is 4.65. The molecule has 1 aliphatic heterocycles. The Morgan fingerprint density at radius 1 is 1.60 bits per heavy atom. The van der Waals surface area contributed by atoms with Crippen LogP contribution in [0.4, 0.5) is 14.9 Å². The van der Waals surface area contributed by atoms with Gasteiger partial charge in [-0.2, -0.15) is 0 Å². The van der Waals surface area contributed by atoms with Crippen LogP contribution in [0.1, 0.15) is 18.4 Å². The van der Waals surface area contributed by atoms with Gasteiger partial charge in [-0.15, -0.1) is 0 Å². The van der Waals surface area contributed by atoms with Crippen LogP contribution in [-0.2, 0) is 10.3 Å². The molecule has 1 amide bonds. The third kappa shape index (κ3) is 3.07. The molecule has 0 aromatic heterocycles. The monoisotopic (exact) mass is 369 g/mol. The number of halogens is 1. The molecule has 0 spiro atoms. The maximum absolute atomic E-state index is 14.6. The van der Waals surface area contributed by atoms with E-state index in [4.69, 9.17) is 9.84 Å². The van der Waals surface area contributed by atoms with Gasteiger partial charge in [0.05, 0.1) is 16.6 Å². The minimum atomic E-state index is -1.26. The number of non-ortho nitro benzene ring substituents is 1. The molecule has 1 saturated carbocycles. The van der Waals surface area contributed by atoms with Gasteiger partial charge in [-0.3, -0.25) is 20.4 Å². The number of nitro groups is 1. The van der Waals surface area contributed by atoms with Crippen molar-refractivity contribution in [1.82, 2.24) is 5.32 Å². The number of carbonyl (C=O) groups is 1. The first-order chi connectivity index (χ1) is 11.9. The van der Waals surface area contributed by atoms with Gasteiger partial charge < -0.3 is 9.84 Å². The van der Waals surface area contributed by atoms with E-state index < -0.39 is 22.4 Å². The fourth-order valence-electron chi connectivity index (χ4n) is 3.61. The number of hydrogen-bond donors (Lipinski definition) is 2. The van der Waals surface area contributed by atoms with E-state index in [1.807, 2.05) is 0 Å². The van der Waals surface area contributed by atoms with Crippen molar-refractivity contribution >= 4 is 28.7 Å². The molecule has 1 aromatic rings. The lowest BCUT2D eigenvalue weighted by Crippen LogP contribution is -2.43. The smallest absolute Gasteiger partial charge is 0.410 e. The first-order valence-corrected chi connectivity index (χ1v) is 8.56. The molecule has 0 radical (unpaired) electrons. The molecule has 1 aromatic carbocycles. The van der Waals surface area contributed by atoms with Crippen molar-refractivity contribution in [3.63, 3.8) is 0 Å². The van der Waals surface area contributed by atoms with Crippen molar-refractivity contribution in [3.05, 3.63) is 39.7 Å². The molecule has 8 nitrogen and oxygen atoms in total. The fraction of sp³-hybridized carbons (Fsp3) is 0.467. The molecule has 3 unspecified atom stereocenters. The van der Waals surface area contributed by atoms with E-state index in [1.165, 1.54) is 17.8 Å². The lowest BCUT2D eigenvalue weighted by atomic mass is 9.80. The highest BCUT2D eigenvalue weighted by atomic mass is 32.2. The van der Waals surface area contributed by atoms with Crippen LogP contribution in [0.3, 0.4) is 0 Å². The zero-order valence-corrected chi connectivity index (χ0v) is 14.1. The highest BCUT2D eigenvalue weighted by Crippen LogP contribution is 2.52. The maximum Gasteiger partial charge on any atom is 0.410 e. The molecule has 1 heterocycles. The summed E-state index contributed by atoms with van der Waals surface area (Å²) in [7, 11) is 1.56. The summed E-state index contributed by atoms with van der Waals surface area (Å²) in [5, 5.41) is 22.4. The number of benzene rings is 1. The van der Waals surface area contributed by atoms with Gasteiger partial charge in [0.2, 0.25) is 0 Å². The number of amides is 1. The summed E-state index contributed by atoms with van der Waals surface area (Å²) in [5.74, 6) is -0.337. The molecule has 2 aliphatic rings. The number of ether oxygens (including phenoxy) is 1. The van der Waals surface area contributed by atoms with E-state index in [1.54, 1.807) is 7.11 Å². The van der Waals surface area contributed by atoms with E-state index >= 15 is 0 Å². The van der Waals surface area contributed by atoms with Crippen LogP contribution in [0.2, 0.25) is 0 Å². The van der Waals surface area contributed by atoms with Crippen LogP contribution in [0.15, 0.2) is 23.2 Å². The third-order valence-electron chi connectivity index (χ3n) is 4.72. The predicted molar refractivity (Wildman–Crippen MR) is 89.3 cm³/mol. The second-order valence-corrected chi connectivity index (χ2v) is 6.93. The van der Waals surface area contributed by atoms with Gasteiger partial charge in [0, 0.05) is 36.5 Å². The van der Waals surface area contributed by atoms with Crippen molar-refractivity contribution in [3.8, 4) is 0 Å². The molecule has 1 fully saturated rings. The van der Waals surface area contributed by atoms with E-state index in [0.717, 1.165) is 12.1 Å². The van der Waals surface area contributed by atoms with Crippen LogP contribution in [0, 0.1) is 21.8 Å². The number of hydrogen-bond acceptors (Lipinski definition) is 6. The molecular weight excluding hydrogens is 353 g/mol. The normalized spacial score (nSPS) is 28.2. The Bertz CT molecular complexity index is 759. The Balaban J connectivity index is 2.14. The molecule has 0 bridgehead atoms. The minimum absolute atomic E-state index is 0.108. The van der Waals surface area contributed by atoms with E-state index in [-0.39, 0.29) is 28.4 Å². The van der Waals surface area contributed by atoms with Crippen LogP contribution in [0.25, 0.3) is 0 Å². The first-order valence-electron chi connectivity index (χ1n) is 7.57. The van der Waals surface area contributed by atoms with Gasteiger partial charge in [0.25, 0.3) is 5.69 Å². The summed E-state index contributed by atoms with van der Waals surface area (Å²) in [5.41, 5.74) is -1.21. The van der Waals surface area contributed by atoms with Crippen molar-refractivity contribution in [1.29, 1.82) is 0 Å². The standard InChI is InChI=1S/C15H16FN3O5S/c1-24-12-4-5-15(9-6-8(19(22)23)2-3-11(9)16)10(12)7-25-13(18-15)17-14(20)21/h2-3,6,10,12H,4-5,7H2,1H3,(H,17,18)(H,20,21). The number of rotatable bonds is 3. The Hall–Kier alpha value is -2.20. The number of amidine groups is 1. The lowest BCUT2D eigenvalue weighted by molar-refractivity contribution is -0.385. The second-order valence-electron chi connectivity index (χ2n) is 5.92. The Morgan fingerprint density at radius 3 is 3.00 bits per heavy atom. The average molecular weight is 369 g/mol. The summed E-state index contributed by atoms with van der Waals surface area (Å²) in [6.45, 7) is 0. The molecule has 1 aliphatic carbocycles. The SMILES string of the molecule is COC1CCC2(c3cc([N+](=O)[O-])ccc3F)N=C(NC(=O)O)SCC12. The summed E-state index contributed by atoms with van der Waals surface area (Å²) in [6.07, 6.45) is -0.421. The molecule has 2 N–H and O–H groups in total. The van der Waals surface area contributed by atoms with Crippen molar-refractivity contribution in [2.24, 2.45) is 10.9 Å². The van der Waals surface area contributed by atoms with Gasteiger partial charge in [-0.05, 0) is 18.9 Å². The minimum Gasteiger partial charge on any atom is -0.465 e. The summed E-state index contributed by atoms with van der Waals surface area (Å²) in [6, 6.07) is 3.35. The highest BCUT2D eigenvalue weighted by Gasteiger charge is 2.53. The topological polar surface area (TPSA) is 114 Å². The number of nitrogens with zero attached hydrogens (tertiary/aromatic N) is 2. The Morgan fingerprint density at radius 2 is 2.36 bits per heavy atom. The zero-order chi connectivity index (χ0) is 18.2. The van der Waals surface area contributed by atoms with Gasteiger partial charge in [-0.1, -0.05) is 11.8 Å². The molecule has 0 saturated heterocycles. The van der Waals surface area contributed by atoms with Gasteiger partial charge in [-0.25, -0.2) is 9.18 Å². The number of carboxylic acid groups (broad SMARTS) is 1. The van der Waals surface area contributed by atoms with Crippen molar-refractivity contribution in [2.75, 3.05) is 12.9 Å². The number of nitro benzene ring substituents is 1. The fourth-order valence-corrected chi connectivity index (χ4v) is 4.83. The largest absolute Gasteiger partial charge is 0.465 e. The molecule has 10 heteroatoms. The number of nitrogens with one attached hydrogen (secondary N) is 1. The second kappa shape index (κ2) is 6.60. The van der Waals surface area contributed by atoms with Gasteiger partial charge in [0.1, 0.15) is 5.82 Å².